The summed E-state index contributed by atoms with van der Waals surface area (Å²) in [6.45, 7) is 2.60. The number of nitrogens with one attached hydrogen (secondary N) is 1. The van der Waals surface area contributed by atoms with Gasteiger partial charge in [0.15, 0.2) is 0 Å². The van der Waals surface area contributed by atoms with Crippen molar-refractivity contribution in [2.24, 2.45) is 11.3 Å². The molecule has 0 bridgehead atoms. The largest absolute Gasteiger partial charge is 0.469 e. The molecule has 1 heterocycles. The molecule has 1 aliphatic rings. The molecule has 0 saturated carbocycles. The molecule has 0 amide bonds. The fraction of sp³-hybridized carbons (Fsp3) is 0.889. The standard InChI is InChI=1S/C9H16FNO2.ClH/c1-9(8(12)13-2)6-11-4-3-7(9)5-10;/h7,11H,3-6H2,1-2H3;1H. The van der Waals surface area contributed by atoms with Crippen LogP contribution in [0.3, 0.4) is 0 Å². The van der Waals surface area contributed by atoms with Crippen LogP contribution in [0, 0.1) is 11.3 Å². The molecule has 1 fully saturated rings. The van der Waals surface area contributed by atoms with Gasteiger partial charge in [0.2, 0.25) is 0 Å². The molecule has 1 N–H and O–H groups in total. The molecule has 2 atom stereocenters. The molecule has 1 saturated heterocycles. The third-order valence-corrected chi connectivity index (χ3v) is 2.90. The van der Waals surface area contributed by atoms with Gasteiger partial charge in [-0.15, -0.1) is 12.4 Å². The highest BCUT2D eigenvalue weighted by molar-refractivity contribution is 5.85. The van der Waals surface area contributed by atoms with Gasteiger partial charge in [0.05, 0.1) is 19.2 Å². The first-order valence-corrected chi connectivity index (χ1v) is 4.50. The van der Waals surface area contributed by atoms with E-state index in [4.69, 9.17) is 0 Å². The normalized spacial score (nSPS) is 31.8. The maximum Gasteiger partial charge on any atom is 0.313 e. The zero-order valence-electron chi connectivity index (χ0n) is 8.51. The molecule has 0 spiro atoms. The second-order valence-corrected chi connectivity index (χ2v) is 3.73. The maximum atomic E-state index is 12.6. The van der Waals surface area contributed by atoms with Gasteiger partial charge in [-0.3, -0.25) is 9.18 Å². The fourth-order valence-corrected chi connectivity index (χ4v) is 1.81. The highest BCUT2D eigenvalue weighted by atomic mass is 35.5. The smallest absolute Gasteiger partial charge is 0.313 e. The number of alkyl halides is 1. The quantitative estimate of drug-likeness (QED) is 0.717. The first-order chi connectivity index (χ1) is 6.15. The number of rotatable bonds is 2. The van der Waals surface area contributed by atoms with Crippen molar-refractivity contribution in [1.29, 1.82) is 0 Å². The van der Waals surface area contributed by atoms with Crippen molar-refractivity contribution in [1.82, 2.24) is 5.32 Å². The van der Waals surface area contributed by atoms with E-state index in [-0.39, 0.29) is 24.3 Å². The Bertz CT molecular complexity index is 203. The average Bonchev–Trinajstić information content (AvgIpc) is 2.17. The van der Waals surface area contributed by atoms with E-state index in [0.717, 1.165) is 6.54 Å². The summed E-state index contributed by atoms with van der Waals surface area (Å²) in [6, 6.07) is 0. The molecule has 3 nitrogen and oxygen atoms in total. The summed E-state index contributed by atoms with van der Waals surface area (Å²) in [7, 11) is 1.34. The van der Waals surface area contributed by atoms with Crippen LogP contribution >= 0.6 is 12.4 Å². The molecule has 0 aliphatic carbocycles. The molecule has 84 valence electrons. The number of carbonyl (C=O) groups is 1. The van der Waals surface area contributed by atoms with Crippen LogP contribution in [0.15, 0.2) is 0 Å². The minimum absolute atomic E-state index is 0. The number of ether oxygens (including phenoxy) is 1. The third-order valence-electron chi connectivity index (χ3n) is 2.90. The highest BCUT2D eigenvalue weighted by Crippen LogP contribution is 2.33. The number of carbonyl (C=O) groups excluding carboxylic acids is 1. The van der Waals surface area contributed by atoms with Gasteiger partial charge in [0, 0.05) is 12.5 Å². The Kier molecular flexibility index (Phi) is 5.37. The number of hydrogen-bond acceptors (Lipinski definition) is 3. The predicted molar refractivity (Wildman–Crippen MR) is 54.3 cm³/mol. The van der Waals surface area contributed by atoms with Crippen LogP contribution in [0.4, 0.5) is 4.39 Å². The minimum atomic E-state index is -0.693. The number of halogens is 2. The first-order valence-electron chi connectivity index (χ1n) is 4.50. The van der Waals surface area contributed by atoms with Gasteiger partial charge in [-0.25, -0.2) is 0 Å². The summed E-state index contributed by atoms with van der Waals surface area (Å²) in [6.07, 6.45) is 0.697. The van der Waals surface area contributed by atoms with Crippen LogP contribution < -0.4 is 5.32 Å². The predicted octanol–water partition coefficient (Wildman–Crippen LogP) is 1.17. The average molecular weight is 226 g/mol. The van der Waals surface area contributed by atoms with Crippen LogP contribution in [0.5, 0.6) is 0 Å². The molecule has 0 aromatic carbocycles. The Morgan fingerprint density at radius 2 is 2.36 bits per heavy atom. The van der Waals surface area contributed by atoms with Gasteiger partial charge in [-0.1, -0.05) is 0 Å². The third kappa shape index (κ3) is 2.36. The Morgan fingerprint density at radius 1 is 1.71 bits per heavy atom. The SMILES string of the molecule is COC(=O)C1(C)CNCCC1CF.Cl. The number of esters is 1. The highest BCUT2D eigenvalue weighted by Gasteiger charge is 2.43. The van der Waals surface area contributed by atoms with E-state index >= 15 is 0 Å². The van der Waals surface area contributed by atoms with Crippen LogP contribution in [-0.4, -0.2) is 32.8 Å². The van der Waals surface area contributed by atoms with Crippen LogP contribution in [0.1, 0.15) is 13.3 Å². The Morgan fingerprint density at radius 3 is 2.86 bits per heavy atom. The van der Waals surface area contributed by atoms with Gasteiger partial charge < -0.3 is 10.1 Å². The summed E-state index contributed by atoms with van der Waals surface area (Å²) >= 11 is 0. The number of piperidine rings is 1. The van der Waals surface area contributed by atoms with E-state index in [2.05, 4.69) is 10.1 Å². The molecule has 1 rings (SSSR count). The molecule has 0 radical (unpaired) electrons. The molecule has 1 aliphatic heterocycles. The van der Waals surface area contributed by atoms with Crippen LogP contribution in [0.2, 0.25) is 0 Å². The lowest BCUT2D eigenvalue weighted by atomic mass is 9.73. The number of methoxy groups -OCH3 is 1. The molecular weight excluding hydrogens is 209 g/mol. The summed E-state index contributed by atoms with van der Waals surface area (Å²) < 4.78 is 17.3. The lowest BCUT2D eigenvalue weighted by Gasteiger charge is -2.37. The fourth-order valence-electron chi connectivity index (χ4n) is 1.81. The van der Waals surface area contributed by atoms with E-state index in [1.807, 2.05) is 0 Å². The molecule has 5 heteroatoms. The lowest BCUT2D eigenvalue weighted by Crippen LogP contribution is -2.50. The van der Waals surface area contributed by atoms with Gasteiger partial charge in [0.25, 0.3) is 0 Å². The van der Waals surface area contributed by atoms with Crippen molar-refractivity contribution in [2.75, 3.05) is 26.9 Å². The second-order valence-electron chi connectivity index (χ2n) is 3.73. The van der Waals surface area contributed by atoms with Crippen molar-refractivity contribution < 1.29 is 13.9 Å². The molecule has 2 unspecified atom stereocenters. The Balaban J connectivity index is 0.00000169. The van der Waals surface area contributed by atoms with Crippen molar-refractivity contribution in [2.45, 2.75) is 13.3 Å². The summed E-state index contributed by atoms with van der Waals surface area (Å²) in [5.74, 6) is -0.524. The van der Waals surface area contributed by atoms with Crippen molar-refractivity contribution in [3.8, 4) is 0 Å². The van der Waals surface area contributed by atoms with Crippen molar-refractivity contribution >= 4 is 18.4 Å². The van der Waals surface area contributed by atoms with Gasteiger partial charge in [-0.05, 0) is 19.9 Å². The molecular formula is C9H17ClFNO2. The van der Waals surface area contributed by atoms with E-state index in [1.54, 1.807) is 6.92 Å². The number of hydrogen-bond donors (Lipinski definition) is 1. The summed E-state index contributed by atoms with van der Waals surface area (Å²) in [5.41, 5.74) is -0.693. The van der Waals surface area contributed by atoms with Crippen LogP contribution in [0.25, 0.3) is 0 Å². The summed E-state index contributed by atoms with van der Waals surface area (Å²) in [4.78, 5) is 11.4. The Hall–Kier alpha value is -0.350. The van der Waals surface area contributed by atoms with E-state index in [0.29, 0.717) is 13.0 Å². The van der Waals surface area contributed by atoms with E-state index in [9.17, 15) is 9.18 Å². The van der Waals surface area contributed by atoms with Gasteiger partial charge in [0.1, 0.15) is 0 Å². The molecule has 14 heavy (non-hydrogen) atoms. The zero-order valence-corrected chi connectivity index (χ0v) is 9.32. The van der Waals surface area contributed by atoms with Gasteiger partial charge in [-0.2, -0.15) is 0 Å². The van der Waals surface area contributed by atoms with Crippen molar-refractivity contribution in [3.05, 3.63) is 0 Å². The molecule has 0 aromatic rings. The minimum Gasteiger partial charge on any atom is -0.469 e. The van der Waals surface area contributed by atoms with E-state index in [1.165, 1.54) is 7.11 Å². The van der Waals surface area contributed by atoms with Gasteiger partial charge >= 0.3 is 5.97 Å². The zero-order chi connectivity index (χ0) is 9.90. The molecule has 0 aromatic heterocycles. The topological polar surface area (TPSA) is 38.3 Å². The van der Waals surface area contributed by atoms with Crippen LogP contribution in [-0.2, 0) is 9.53 Å². The first kappa shape index (κ1) is 13.7. The monoisotopic (exact) mass is 225 g/mol. The summed E-state index contributed by atoms with van der Waals surface area (Å²) in [5, 5.41) is 3.09. The lowest BCUT2D eigenvalue weighted by molar-refractivity contribution is -0.156. The Labute approximate surface area is 89.8 Å². The van der Waals surface area contributed by atoms with E-state index < -0.39 is 12.1 Å². The second kappa shape index (κ2) is 5.51. The maximum absolute atomic E-state index is 12.6. The van der Waals surface area contributed by atoms with Crippen molar-refractivity contribution in [3.63, 3.8) is 0 Å².